The van der Waals surface area contributed by atoms with E-state index in [-0.39, 0.29) is 11.0 Å². The summed E-state index contributed by atoms with van der Waals surface area (Å²) in [6.07, 6.45) is 1.53. The second kappa shape index (κ2) is 5.90. The Morgan fingerprint density at radius 1 is 1.39 bits per heavy atom. The van der Waals surface area contributed by atoms with Crippen LogP contribution >= 0.6 is 35.2 Å². The first kappa shape index (κ1) is 12.9. The summed E-state index contributed by atoms with van der Waals surface area (Å²) in [4.78, 5) is 16.2. The lowest BCUT2D eigenvalue weighted by Gasteiger charge is -2.08. The van der Waals surface area contributed by atoms with Gasteiger partial charge in [-0.25, -0.2) is 4.98 Å². The largest absolute Gasteiger partial charge is 0.331 e. The number of pyridine rings is 1. The fraction of sp³-hybridized carbons (Fsp3) is 0. The highest BCUT2D eigenvalue weighted by Crippen LogP contribution is 2.10. The van der Waals surface area contributed by atoms with Crippen LogP contribution in [-0.2, 0) is 0 Å². The Bertz CT molecular complexity index is 554. The van der Waals surface area contributed by atoms with Crippen molar-refractivity contribution >= 4 is 51.9 Å². The number of carbonyl (C=O) groups excluding carboxylic acids is 1. The third-order valence-electron chi connectivity index (χ3n) is 1.96. The zero-order valence-electron chi connectivity index (χ0n) is 9.01. The molecule has 2 N–H and O–H groups in total. The maximum absolute atomic E-state index is 11.7. The summed E-state index contributed by atoms with van der Waals surface area (Å²) in [6, 6.07) is 6.89. The van der Waals surface area contributed by atoms with Gasteiger partial charge in [-0.05, 0) is 35.8 Å². The van der Waals surface area contributed by atoms with Crippen LogP contribution in [0.3, 0.4) is 0 Å². The molecule has 0 bridgehead atoms. The van der Waals surface area contributed by atoms with Gasteiger partial charge in [0.05, 0.1) is 16.8 Å². The van der Waals surface area contributed by atoms with Gasteiger partial charge in [0.15, 0.2) is 5.11 Å². The molecule has 0 radical (unpaired) electrons. The summed E-state index contributed by atoms with van der Waals surface area (Å²) in [6.45, 7) is 0. The van der Waals surface area contributed by atoms with Crippen molar-refractivity contribution < 1.29 is 4.79 Å². The zero-order valence-corrected chi connectivity index (χ0v) is 11.4. The number of rotatable bonds is 2. The molecule has 0 saturated carbocycles. The summed E-state index contributed by atoms with van der Waals surface area (Å²) in [7, 11) is 0. The summed E-state index contributed by atoms with van der Waals surface area (Å²) < 4.78 is 0. The Labute approximate surface area is 118 Å². The molecule has 2 rings (SSSR count). The van der Waals surface area contributed by atoms with Gasteiger partial charge in [-0.15, -0.1) is 11.3 Å². The van der Waals surface area contributed by atoms with E-state index >= 15 is 0 Å². The van der Waals surface area contributed by atoms with Gasteiger partial charge in [-0.3, -0.25) is 10.1 Å². The number of nitrogens with zero attached hydrogens (tertiary/aromatic N) is 1. The van der Waals surface area contributed by atoms with Gasteiger partial charge in [0, 0.05) is 0 Å². The molecule has 7 heteroatoms. The number of thiocarbonyl (C=S) groups is 1. The highest BCUT2D eigenvalue weighted by Gasteiger charge is 2.08. The first-order chi connectivity index (χ1) is 8.65. The number of carbonyl (C=O) groups is 1. The summed E-state index contributed by atoms with van der Waals surface area (Å²) in [5, 5.41) is 7.87. The standard InChI is InChI=1S/C11H8ClN3OS2/c12-9-4-3-7(6-13-9)14-11(17)15-10(16)8-2-1-5-18-8/h1-6H,(H2,14,15,16,17). The fourth-order valence-electron chi connectivity index (χ4n) is 1.18. The molecule has 0 aliphatic carbocycles. The average Bonchev–Trinajstić information content (AvgIpc) is 2.85. The number of halogens is 1. The number of anilines is 1. The first-order valence-electron chi connectivity index (χ1n) is 4.92. The van der Waals surface area contributed by atoms with Gasteiger partial charge < -0.3 is 5.32 Å². The van der Waals surface area contributed by atoms with Crippen LogP contribution < -0.4 is 10.6 Å². The lowest BCUT2D eigenvalue weighted by molar-refractivity contribution is 0.0981. The number of aromatic nitrogens is 1. The minimum atomic E-state index is -0.232. The molecule has 0 fully saturated rings. The second-order valence-corrected chi connectivity index (χ2v) is 5.00. The Hall–Kier alpha value is -1.50. The van der Waals surface area contributed by atoms with Gasteiger partial charge in [-0.2, -0.15) is 0 Å². The van der Waals surface area contributed by atoms with Gasteiger partial charge in [0.1, 0.15) is 5.15 Å². The van der Waals surface area contributed by atoms with E-state index in [0.29, 0.717) is 15.7 Å². The monoisotopic (exact) mass is 297 g/mol. The van der Waals surface area contributed by atoms with Crippen LogP contribution in [-0.4, -0.2) is 16.0 Å². The molecule has 0 atom stereocenters. The molecular formula is C11H8ClN3OS2. The Balaban J connectivity index is 1.93. The van der Waals surface area contributed by atoms with E-state index in [1.165, 1.54) is 17.5 Å². The molecule has 0 aliphatic heterocycles. The topological polar surface area (TPSA) is 54.0 Å². The maximum Gasteiger partial charge on any atom is 0.267 e. The predicted molar refractivity (Wildman–Crippen MR) is 77.3 cm³/mol. The molecule has 1 amide bonds. The van der Waals surface area contributed by atoms with E-state index in [9.17, 15) is 4.79 Å². The molecule has 92 valence electrons. The molecule has 0 unspecified atom stereocenters. The lowest BCUT2D eigenvalue weighted by Crippen LogP contribution is -2.33. The normalized spacial score (nSPS) is 9.83. The van der Waals surface area contributed by atoms with Crippen molar-refractivity contribution in [3.05, 3.63) is 45.9 Å². The van der Waals surface area contributed by atoms with Gasteiger partial charge >= 0.3 is 0 Å². The molecule has 2 aromatic rings. The van der Waals surface area contributed by atoms with Crippen molar-refractivity contribution in [1.82, 2.24) is 10.3 Å². The van der Waals surface area contributed by atoms with Crippen molar-refractivity contribution in [1.29, 1.82) is 0 Å². The van der Waals surface area contributed by atoms with Crippen molar-refractivity contribution in [3.8, 4) is 0 Å². The average molecular weight is 298 g/mol. The van der Waals surface area contributed by atoms with Crippen molar-refractivity contribution in [2.75, 3.05) is 5.32 Å². The Morgan fingerprint density at radius 3 is 2.83 bits per heavy atom. The van der Waals surface area contributed by atoms with E-state index < -0.39 is 0 Å². The SMILES string of the molecule is O=C(NC(=S)Nc1ccc(Cl)nc1)c1cccs1. The minimum absolute atomic E-state index is 0.220. The van der Waals surface area contributed by atoms with Crippen LogP contribution in [0.4, 0.5) is 5.69 Å². The molecule has 4 nitrogen and oxygen atoms in total. The Kier molecular flexibility index (Phi) is 4.24. The van der Waals surface area contributed by atoms with Gasteiger partial charge in [0.25, 0.3) is 5.91 Å². The quantitative estimate of drug-likeness (QED) is 0.661. The van der Waals surface area contributed by atoms with Gasteiger partial charge in [0.2, 0.25) is 0 Å². The smallest absolute Gasteiger partial charge is 0.267 e. The van der Waals surface area contributed by atoms with E-state index in [2.05, 4.69) is 15.6 Å². The van der Waals surface area contributed by atoms with Gasteiger partial charge in [-0.1, -0.05) is 17.7 Å². The molecule has 18 heavy (non-hydrogen) atoms. The fourth-order valence-corrected chi connectivity index (χ4v) is 2.13. The van der Waals surface area contributed by atoms with E-state index in [4.69, 9.17) is 23.8 Å². The Morgan fingerprint density at radius 2 is 2.22 bits per heavy atom. The number of amides is 1. The van der Waals surface area contributed by atoms with E-state index in [0.717, 1.165) is 0 Å². The second-order valence-electron chi connectivity index (χ2n) is 3.26. The maximum atomic E-state index is 11.7. The van der Waals surface area contributed by atoms with E-state index in [1.807, 2.05) is 5.38 Å². The number of hydrogen-bond acceptors (Lipinski definition) is 4. The molecular weight excluding hydrogens is 290 g/mol. The number of nitrogens with one attached hydrogen (secondary N) is 2. The lowest BCUT2D eigenvalue weighted by atomic mass is 10.4. The molecule has 0 aliphatic rings. The first-order valence-corrected chi connectivity index (χ1v) is 6.59. The van der Waals surface area contributed by atoms with Crippen molar-refractivity contribution in [3.63, 3.8) is 0 Å². The van der Waals surface area contributed by atoms with Crippen LogP contribution in [0.1, 0.15) is 9.67 Å². The highest BCUT2D eigenvalue weighted by atomic mass is 35.5. The van der Waals surface area contributed by atoms with Crippen molar-refractivity contribution in [2.24, 2.45) is 0 Å². The summed E-state index contributed by atoms with van der Waals surface area (Å²) in [5.74, 6) is -0.232. The minimum Gasteiger partial charge on any atom is -0.331 e. The van der Waals surface area contributed by atoms with Crippen LogP contribution in [0.2, 0.25) is 5.15 Å². The third-order valence-corrected chi connectivity index (χ3v) is 3.25. The number of thiophene rings is 1. The summed E-state index contributed by atoms with van der Waals surface area (Å²) >= 11 is 12.0. The molecule has 2 heterocycles. The van der Waals surface area contributed by atoms with Crippen molar-refractivity contribution in [2.45, 2.75) is 0 Å². The molecule has 0 spiro atoms. The van der Waals surface area contributed by atoms with Crippen LogP contribution in [0.15, 0.2) is 35.8 Å². The number of hydrogen-bond donors (Lipinski definition) is 2. The third kappa shape index (κ3) is 3.49. The zero-order chi connectivity index (χ0) is 13.0. The predicted octanol–water partition coefficient (Wildman–Crippen LogP) is 2.92. The molecule has 0 aromatic carbocycles. The summed E-state index contributed by atoms with van der Waals surface area (Å²) in [5.41, 5.74) is 0.663. The van der Waals surface area contributed by atoms with Crippen LogP contribution in [0.5, 0.6) is 0 Å². The van der Waals surface area contributed by atoms with E-state index in [1.54, 1.807) is 24.3 Å². The van der Waals surface area contributed by atoms with Crippen LogP contribution in [0, 0.1) is 0 Å². The highest BCUT2D eigenvalue weighted by molar-refractivity contribution is 7.80. The van der Waals surface area contributed by atoms with Crippen LogP contribution in [0.25, 0.3) is 0 Å². The molecule has 0 saturated heterocycles. The molecule has 2 aromatic heterocycles.